The molecule has 1 aromatic carbocycles. The van der Waals surface area contributed by atoms with Gasteiger partial charge in [0.05, 0.1) is 5.56 Å². The molecule has 8 heteroatoms. The van der Waals surface area contributed by atoms with Crippen LogP contribution in [-0.4, -0.2) is 34.3 Å². The predicted octanol–water partition coefficient (Wildman–Crippen LogP) is 2.33. The van der Waals surface area contributed by atoms with Crippen molar-refractivity contribution in [1.29, 1.82) is 0 Å². The Labute approximate surface area is 127 Å². The quantitative estimate of drug-likeness (QED) is 0.455. The number of nitrogens with zero attached hydrogens (tertiary/aromatic N) is 1. The summed E-state index contributed by atoms with van der Waals surface area (Å²) in [6.07, 6.45) is -4.39. The maximum Gasteiger partial charge on any atom is 0.416 e. The van der Waals surface area contributed by atoms with Gasteiger partial charge < -0.3 is 15.3 Å². The van der Waals surface area contributed by atoms with Crippen LogP contribution in [0.2, 0.25) is 0 Å². The van der Waals surface area contributed by atoms with E-state index >= 15 is 0 Å². The highest BCUT2D eigenvalue weighted by molar-refractivity contribution is 14.1. The Morgan fingerprint density at radius 2 is 1.95 bits per heavy atom. The van der Waals surface area contributed by atoms with Gasteiger partial charge in [-0.3, -0.25) is 0 Å². The Bertz CT molecular complexity index is 506. The summed E-state index contributed by atoms with van der Waals surface area (Å²) in [6, 6.07) is 4.56. The fraction of sp³-hybridized carbons (Fsp3) is 0.417. The van der Waals surface area contributed by atoms with E-state index in [4.69, 9.17) is 0 Å². The van der Waals surface area contributed by atoms with Crippen LogP contribution in [0.1, 0.15) is 5.56 Å². The van der Waals surface area contributed by atoms with Crippen molar-refractivity contribution in [2.45, 2.75) is 9.72 Å². The average molecular weight is 400 g/mol. The number of piperazine rings is 1. The first-order valence-corrected chi connectivity index (χ1v) is 6.91. The molecular weight excluding hydrogens is 388 g/mol. The second kappa shape index (κ2) is 5.40. The van der Waals surface area contributed by atoms with Crippen molar-refractivity contribution in [3.63, 3.8) is 0 Å². The van der Waals surface area contributed by atoms with Crippen molar-refractivity contribution in [3.05, 3.63) is 29.8 Å². The van der Waals surface area contributed by atoms with Gasteiger partial charge in [0.2, 0.25) is 3.55 Å². The smallest absolute Gasteiger partial charge is 0.416 e. The van der Waals surface area contributed by atoms with Gasteiger partial charge >= 0.3 is 12.1 Å². The summed E-state index contributed by atoms with van der Waals surface area (Å²) in [5.74, 6) is -1.02. The number of benzene rings is 1. The molecule has 1 unspecified atom stereocenters. The van der Waals surface area contributed by atoms with Gasteiger partial charge in [-0.25, -0.2) is 4.79 Å². The molecule has 1 atom stereocenters. The standard InChI is InChI=1S/C12H12F3IN2O2/c13-12(14,15)8-1-3-9(4-2-8)18-6-5-17-7-11(18,16)10(19)20/h1-4,17H,5-7H2,(H,19,20). The minimum atomic E-state index is -4.39. The van der Waals surface area contributed by atoms with Gasteiger partial charge in [0.25, 0.3) is 0 Å². The van der Waals surface area contributed by atoms with E-state index in [-0.39, 0.29) is 6.54 Å². The van der Waals surface area contributed by atoms with Gasteiger partial charge in [-0.2, -0.15) is 13.2 Å². The van der Waals surface area contributed by atoms with Crippen molar-refractivity contribution < 1.29 is 23.1 Å². The van der Waals surface area contributed by atoms with Crippen LogP contribution in [0.25, 0.3) is 0 Å². The molecule has 0 aromatic heterocycles. The van der Waals surface area contributed by atoms with Crippen LogP contribution in [0.5, 0.6) is 0 Å². The molecule has 0 radical (unpaired) electrons. The normalized spacial score (nSPS) is 23.7. The van der Waals surface area contributed by atoms with Gasteiger partial charge in [0.1, 0.15) is 0 Å². The second-order valence-corrected chi connectivity index (χ2v) is 6.22. The highest BCUT2D eigenvalue weighted by Gasteiger charge is 2.44. The lowest BCUT2D eigenvalue weighted by Gasteiger charge is -2.42. The Hall–Kier alpha value is -1.03. The van der Waals surface area contributed by atoms with Crippen LogP contribution in [0.3, 0.4) is 0 Å². The van der Waals surface area contributed by atoms with Crippen molar-refractivity contribution in [1.82, 2.24) is 5.32 Å². The van der Waals surface area contributed by atoms with E-state index in [1.54, 1.807) is 4.90 Å². The lowest BCUT2D eigenvalue weighted by Crippen LogP contribution is -2.62. The summed E-state index contributed by atoms with van der Waals surface area (Å²) in [5.41, 5.74) is -0.276. The lowest BCUT2D eigenvalue weighted by atomic mass is 10.1. The van der Waals surface area contributed by atoms with E-state index < -0.39 is 21.3 Å². The molecule has 1 heterocycles. The third kappa shape index (κ3) is 2.85. The molecule has 1 aliphatic heterocycles. The van der Waals surface area contributed by atoms with Gasteiger partial charge in [-0.15, -0.1) is 0 Å². The molecule has 4 nitrogen and oxygen atoms in total. The Kier molecular flexibility index (Phi) is 4.14. The summed E-state index contributed by atoms with van der Waals surface area (Å²) in [5, 5.41) is 12.3. The number of carboxylic acids is 1. The number of hydrogen-bond acceptors (Lipinski definition) is 3. The molecule has 110 valence electrons. The van der Waals surface area contributed by atoms with Gasteiger partial charge in [-0.1, -0.05) is 0 Å². The molecule has 0 aliphatic carbocycles. The summed E-state index contributed by atoms with van der Waals surface area (Å²) in [4.78, 5) is 13.0. The number of carboxylic acid groups (broad SMARTS) is 1. The highest BCUT2D eigenvalue weighted by atomic mass is 127. The Balaban J connectivity index is 2.32. The summed E-state index contributed by atoms with van der Waals surface area (Å²) in [6.45, 7) is 1.23. The van der Waals surface area contributed by atoms with Crippen molar-refractivity contribution in [2.24, 2.45) is 0 Å². The molecule has 1 aliphatic rings. The number of alkyl halides is 4. The first kappa shape index (κ1) is 15.4. The van der Waals surface area contributed by atoms with E-state index in [0.29, 0.717) is 18.8 Å². The number of carbonyl (C=O) groups is 1. The molecule has 1 aromatic rings. The van der Waals surface area contributed by atoms with Crippen LogP contribution in [0, 0.1) is 0 Å². The number of aliphatic carboxylic acids is 1. The minimum Gasteiger partial charge on any atom is -0.479 e. The summed E-state index contributed by atoms with van der Waals surface area (Å²) in [7, 11) is 0. The number of hydrogen-bond donors (Lipinski definition) is 2. The molecular formula is C12H12F3IN2O2. The van der Waals surface area contributed by atoms with Crippen molar-refractivity contribution >= 4 is 34.2 Å². The van der Waals surface area contributed by atoms with Crippen molar-refractivity contribution in [2.75, 3.05) is 24.5 Å². The number of rotatable bonds is 2. The Morgan fingerprint density at radius 1 is 1.35 bits per heavy atom. The molecule has 20 heavy (non-hydrogen) atoms. The maximum atomic E-state index is 12.5. The molecule has 0 bridgehead atoms. The van der Waals surface area contributed by atoms with E-state index in [9.17, 15) is 23.1 Å². The van der Waals surface area contributed by atoms with Crippen LogP contribution in [0.15, 0.2) is 24.3 Å². The number of halogens is 4. The molecule has 0 spiro atoms. The largest absolute Gasteiger partial charge is 0.479 e. The highest BCUT2D eigenvalue weighted by Crippen LogP contribution is 2.34. The third-order valence-electron chi connectivity index (χ3n) is 3.13. The molecule has 0 amide bonds. The first-order valence-electron chi connectivity index (χ1n) is 5.83. The monoisotopic (exact) mass is 400 g/mol. The fourth-order valence-corrected chi connectivity index (χ4v) is 2.86. The minimum absolute atomic E-state index is 0.226. The number of nitrogens with one attached hydrogen (secondary N) is 1. The lowest BCUT2D eigenvalue weighted by molar-refractivity contribution is -0.139. The average Bonchev–Trinajstić information content (AvgIpc) is 2.38. The van der Waals surface area contributed by atoms with Crippen LogP contribution >= 0.6 is 22.6 Å². The zero-order valence-electron chi connectivity index (χ0n) is 10.2. The van der Waals surface area contributed by atoms with E-state index in [1.807, 2.05) is 22.6 Å². The van der Waals surface area contributed by atoms with E-state index in [2.05, 4.69) is 5.32 Å². The van der Waals surface area contributed by atoms with Crippen molar-refractivity contribution in [3.8, 4) is 0 Å². The van der Waals surface area contributed by atoms with E-state index in [1.165, 1.54) is 12.1 Å². The van der Waals surface area contributed by atoms with Gasteiger partial charge in [-0.05, 0) is 46.9 Å². The van der Waals surface area contributed by atoms with Gasteiger partial charge in [0.15, 0.2) is 0 Å². The zero-order chi connectivity index (χ0) is 15.0. The van der Waals surface area contributed by atoms with Gasteiger partial charge in [0, 0.05) is 25.3 Å². The SMILES string of the molecule is O=C(O)C1(I)CNCCN1c1ccc(C(F)(F)F)cc1. The maximum absolute atomic E-state index is 12.5. The Morgan fingerprint density at radius 3 is 2.45 bits per heavy atom. The van der Waals surface area contributed by atoms with Crippen LogP contribution < -0.4 is 10.2 Å². The third-order valence-corrected chi connectivity index (χ3v) is 4.56. The number of anilines is 1. The summed E-state index contributed by atoms with van der Waals surface area (Å²) >= 11 is 1.81. The van der Waals surface area contributed by atoms with Crippen LogP contribution in [0.4, 0.5) is 18.9 Å². The molecule has 1 saturated heterocycles. The first-order chi connectivity index (χ1) is 9.25. The fourth-order valence-electron chi connectivity index (χ4n) is 2.07. The molecule has 2 N–H and O–H groups in total. The zero-order valence-corrected chi connectivity index (χ0v) is 12.4. The second-order valence-electron chi connectivity index (χ2n) is 4.44. The topological polar surface area (TPSA) is 52.6 Å². The van der Waals surface area contributed by atoms with E-state index in [0.717, 1.165) is 12.1 Å². The molecule has 0 saturated carbocycles. The molecule has 2 rings (SSSR count). The predicted molar refractivity (Wildman–Crippen MR) is 76.0 cm³/mol. The molecule has 1 fully saturated rings. The van der Waals surface area contributed by atoms with Crippen LogP contribution in [-0.2, 0) is 11.0 Å². The summed E-state index contributed by atoms with van der Waals surface area (Å²) < 4.78 is 36.4.